The zero-order valence-corrected chi connectivity index (χ0v) is 19.1. The minimum Gasteiger partial charge on any atom is -0.497 e. The van der Waals surface area contributed by atoms with Crippen LogP contribution < -0.4 is 20.3 Å². The molecule has 9 nitrogen and oxygen atoms in total. The summed E-state index contributed by atoms with van der Waals surface area (Å²) in [6, 6.07) is 12.7. The summed E-state index contributed by atoms with van der Waals surface area (Å²) in [7, 11) is 1.55. The first-order chi connectivity index (χ1) is 16.5. The molecule has 34 heavy (non-hydrogen) atoms. The number of anilines is 2. The molecule has 0 radical (unpaired) electrons. The van der Waals surface area contributed by atoms with Crippen LogP contribution in [-0.2, 0) is 4.74 Å². The molecule has 2 heterocycles. The third-order valence-corrected chi connectivity index (χ3v) is 6.36. The lowest BCUT2D eigenvalue weighted by molar-refractivity contribution is -0.0205. The van der Waals surface area contributed by atoms with Gasteiger partial charge in [0.05, 0.1) is 25.9 Å². The fourth-order valence-electron chi connectivity index (χ4n) is 4.60. The Morgan fingerprint density at radius 2 is 1.88 bits per heavy atom. The number of hydrogen-bond donors (Lipinski definition) is 4. The molecule has 4 N–H and O–H groups in total. The summed E-state index contributed by atoms with van der Waals surface area (Å²) < 4.78 is 24.3. The van der Waals surface area contributed by atoms with Crippen LogP contribution in [0.25, 0.3) is 0 Å². The summed E-state index contributed by atoms with van der Waals surface area (Å²) in [5.41, 5.74) is 1.54. The highest BCUT2D eigenvalue weighted by molar-refractivity contribution is 5.89. The SMILES string of the molecule is COc1cccc(NC(=O)NC[C@@H]2O[C@@H](CO)[C@@H](O)[C@H]2N2CCN(c3ccc(F)cc3)CC2)c1. The van der Waals surface area contributed by atoms with E-state index in [-0.39, 0.29) is 25.0 Å². The van der Waals surface area contributed by atoms with Gasteiger partial charge in [0.15, 0.2) is 0 Å². The number of piperazine rings is 1. The van der Waals surface area contributed by atoms with E-state index in [9.17, 15) is 19.4 Å². The molecule has 0 spiro atoms. The highest BCUT2D eigenvalue weighted by atomic mass is 19.1. The molecule has 4 atom stereocenters. The average molecular weight is 475 g/mol. The van der Waals surface area contributed by atoms with Gasteiger partial charge >= 0.3 is 6.03 Å². The molecule has 0 aromatic heterocycles. The van der Waals surface area contributed by atoms with Gasteiger partial charge in [-0.3, -0.25) is 4.90 Å². The molecule has 2 aliphatic rings. The van der Waals surface area contributed by atoms with Gasteiger partial charge in [0.25, 0.3) is 0 Å². The Labute approximate surface area is 198 Å². The number of hydrogen-bond acceptors (Lipinski definition) is 7. The smallest absolute Gasteiger partial charge is 0.319 e. The van der Waals surface area contributed by atoms with Gasteiger partial charge < -0.3 is 35.2 Å². The Morgan fingerprint density at radius 1 is 1.15 bits per heavy atom. The maximum atomic E-state index is 13.2. The van der Waals surface area contributed by atoms with E-state index in [2.05, 4.69) is 20.4 Å². The van der Waals surface area contributed by atoms with Crippen LogP contribution in [0.5, 0.6) is 5.75 Å². The van der Waals surface area contributed by atoms with Gasteiger partial charge in [0.1, 0.15) is 23.8 Å². The number of methoxy groups -OCH3 is 1. The van der Waals surface area contributed by atoms with Crippen molar-refractivity contribution >= 4 is 17.4 Å². The van der Waals surface area contributed by atoms with E-state index in [4.69, 9.17) is 9.47 Å². The molecule has 0 bridgehead atoms. The highest BCUT2D eigenvalue weighted by Gasteiger charge is 2.46. The second-order valence-corrected chi connectivity index (χ2v) is 8.44. The summed E-state index contributed by atoms with van der Waals surface area (Å²) in [4.78, 5) is 16.7. The standard InChI is InChI=1S/C24H31FN4O5/c1-33-19-4-2-3-17(13-19)27-24(32)26-14-20-22(23(31)21(15-30)34-20)29-11-9-28(10-12-29)18-7-5-16(25)6-8-18/h2-8,13,20-23,30-31H,9-12,14-15H2,1H3,(H2,26,27,32)/t20-,21-,22-,23+/m0/s1. The molecule has 0 saturated carbocycles. The maximum absolute atomic E-state index is 13.2. The Hall–Kier alpha value is -2.92. The van der Waals surface area contributed by atoms with Crippen molar-refractivity contribution in [2.75, 3.05) is 56.7 Å². The fraction of sp³-hybridized carbons (Fsp3) is 0.458. The van der Waals surface area contributed by atoms with Gasteiger partial charge in [-0.25, -0.2) is 9.18 Å². The largest absolute Gasteiger partial charge is 0.497 e. The Kier molecular flexibility index (Phi) is 7.84. The van der Waals surface area contributed by atoms with Crippen LogP contribution in [0, 0.1) is 5.82 Å². The number of halogens is 1. The molecule has 2 aromatic rings. The van der Waals surface area contributed by atoms with Crippen molar-refractivity contribution in [2.45, 2.75) is 24.4 Å². The Bertz CT molecular complexity index is 955. The maximum Gasteiger partial charge on any atom is 0.319 e. The minimum atomic E-state index is -0.879. The van der Waals surface area contributed by atoms with Crippen LogP contribution in [0.4, 0.5) is 20.6 Å². The normalized spacial score (nSPS) is 25.2. The highest BCUT2D eigenvalue weighted by Crippen LogP contribution is 2.28. The second-order valence-electron chi connectivity index (χ2n) is 8.44. The summed E-state index contributed by atoms with van der Waals surface area (Å²) >= 11 is 0. The molecule has 0 aliphatic carbocycles. The van der Waals surface area contributed by atoms with Crippen LogP contribution in [0.2, 0.25) is 0 Å². The molecule has 184 valence electrons. The number of ether oxygens (including phenoxy) is 2. The van der Waals surface area contributed by atoms with Crippen molar-refractivity contribution in [1.29, 1.82) is 0 Å². The lowest BCUT2D eigenvalue weighted by Crippen LogP contribution is -2.57. The Balaban J connectivity index is 1.34. The van der Waals surface area contributed by atoms with Crippen molar-refractivity contribution in [3.63, 3.8) is 0 Å². The van der Waals surface area contributed by atoms with E-state index in [1.165, 1.54) is 12.1 Å². The lowest BCUT2D eigenvalue weighted by Gasteiger charge is -2.41. The van der Waals surface area contributed by atoms with Gasteiger partial charge in [-0.05, 0) is 36.4 Å². The number of aliphatic hydroxyl groups excluding tert-OH is 2. The van der Waals surface area contributed by atoms with Gasteiger partial charge in [0, 0.05) is 50.2 Å². The zero-order chi connectivity index (χ0) is 24.1. The summed E-state index contributed by atoms with van der Waals surface area (Å²) in [5.74, 6) is 0.361. The quantitative estimate of drug-likeness (QED) is 0.479. The van der Waals surface area contributed by atoms with Gasteiger partial charge in [-0.1, -0.05) is 6.07 Å². The van der Waals surface area contributed by atoms with E-state index in [0.717, 1.165) is 5.69 Å². The minimum absolute atomic E-state index is 0.173. The fourth-order valence-corrected chi connectivity index (χ4v) is 4.60. The molecule has 2 saturated heterocycles. The van der Waals surface area contributed by atoms with Gasteiger partial charge in [-0.2, -0.15) is 0 Å². The first-order valence-electron chi connectivity index (χ1n) is 11.4. The van der Waals surface area contributed by atoms with E-state index in [0.29, 0.717) is 37.6 Å². The molecule has 10 heteroatoms. The number of urea groups is 1. The zero-order valence-electron chi connectivity index (χ0n) is 19.1. The van der Waals surface area contributed by atoms with Crippen LogP contribution in [0.3, 0.4) is 0 Å². The number of carbonyl (C=O) groups is 1. The first kappa shape index (κ1) is 24.2. The first-order valence-corrected chi connectivity index (χ1v) is 11.4. The van der Waals surface area contributed by atoms with Gasteiger partial charge in [-0.15, -0.1) is 0 Å². The van der Waals surface area contributed by atoms with E-state index in [1.807, 2.05) is 0 Å². The molecule has 2 aliphatic heterocycles. The number of benzene rings is 2. The summed E-state index contributed by atoms with van der Waals surface area (Å²) in [5, 5.41) is 26.0. The predicted molar refractivity (Wildman–Crippen MR) is 126 cm³/mol. The number of aliphatic hydroxyl groups is 2. The van der Waals surface area contributed by atoms with E-state index in [1.54, 1.807) is 43.5 Å². The summed E-state index contributed by atoms with van der Waals surface area (Å²) in [6.45, 7) is 2.59. The van der Waals surface area contributed by atoms with Crippen LogP contribution in [0.15, 0.2) is 48.5 Å². The molecule has 2 amide bonds. The number of amides is 2. The average Bonchev–Trinajstić information content (AvgIpc) is 3.18. The topological polar surface area (TPSA) is 107 Å². The van der Waals surface area contributed by atoms with Crippen molar-refractivity contribution in [1.82, 2.24) is 10.2 Å². The second kappa shape index (κ2) is 11.0. The number of rotatable bonds is 7. The van der Waals surface area contributed by atoms with Crippen molar-refractivity contribution in [3.05, 3.63) is 54.3 Å². The predicted octanol–water partition coefficient (Wildman–Crippen LogP) is 1.27. The number of carbonyl (C=O) groups excluding carboxylic acids is 1. The Morgan fingerprint density at radius 3 is 2.56 bits per heavy atom. The molecule has 2 fully saturated rings. The summed E-state index contributed by atoms with van der Waals surface area (Å²) in [6.07, 6.45) is -2.08. The molecule has 2 aromatic carbocycles. The van der Waals surface area contributed by atoms with Crippen LogP contribution in [0.1, 0.15) is 0 Å². The van der Waals surface area contributed by atoms with Crippen molar-refractivity contribution in [2.24, 2.45) is 0 Å². The monoisotopic (exact) mass is 474 g/mol. The number of nitrogens with one attached hydrogen (secondary N) is 2. The molecular formula is C24H31FN4O5. The van der Waals surface area contributed by atoms with Gasteiger partial charge in [0.2, 0.25) is 0 Å². The third kappa shape index (κ3) is 5.58. The van der Waals surface area contributed by atoms with E-state index >= 15 is 0 Å². The van der Waals surface area contributed by atoms with Crippen molar-refractivity contribution in [3.8, 4) is 5.75 Å². The third-order valence-electron chi connectivity index (χ3n) is 6.36. The molecule has 0 unspecified atom stereocenters. The molecular weight excluding hydrogens is 443 g/mol. The van der Waals surface area contributed by atoms with Crippen LogP contribution in [-0.4, -0.2) is 91.9 Å². The van der Waals surface area contributed by atoms with E-state index < -0.39 is 24.3 Å². The van der Waals surface area contributed by atoms with Crippen molar-refractivity contribution < 1.29 is 28.9 Å². The lowest BCUT2D eigenvalue weighted by atomic mass is 10.0. The molecule has 4 rings (SSSR count). The number of nitrogens with zero attached hydrogens (tertiary/aromatic N) is 2. The van der Waals surface area contributed by atoms with Crippen LogP contribution >= 0.6 is 0 Å².